The van der Waals surface area contributed by atoms with Crippen LogP contribution in [0.4, 0.5) is 5.69 Å². The van der Waals surface area contributed by atoms with Gasteiger partial charge in [0.1, 0.15) is 12.4 Å². The van der Waals surface area contributed by atoms with Crippen molar-refractivity contribution in [2.75, 3.05) is 5.73 Å². The minimum atomic E-state index is 0.297. The molecule has 0 radical (unpaired) electrons. The molecule has 2 nitrogen and oxygen atoms in total. The maximum atomic E-state index is 6.07. The number of rotatable bonds is 3. The van der Waals surface area contributed by atoms with Gasteiger partial charge < -0.3 is 10.5 Å². The molecule has 4 heteroatoms. The largest absolute Gasteiger partial charge is 0.487 e. The number of nitrogen functional groups attached to an aromatic ring is 1. The van der Waals surface area contributed by atoms with Crippen molar-refractivity contribution in [3.05, 3.63) is 57.6 Å². The molecule has 0 aliphatic rings. The molecule has 0 unspecified atom stereocenters. The van der Waals surface area contributed by atoms with Crippen molar-refractivity contribution in [1.29, 1.82) is 0 Å². The number of aryl methyl sites for hydroxylation is 1. The number of halogens is 2. The Bertz CT molecular complexity index is 549. The normalized spacial score (nSPS) is 10.4. The molecule has 0 saturated heterocycles. The van der Waals surface area contributed by atoms with E-state index in [0.717, 1.165) is 11.1 Å². The quantitative estimate of drug-likeness (QED) is 0.843. The molecular formula is C14H13Cl2NO. The summed E-state index contributed by atoms with van der Waals surface area (Å²) < 4.78 is 5.65. The lowest BCUT2D eigenvalue weighted by atomic mass is 10.2. The third-order valence-corrected chi connectivity index (χ3v) is 3.31. The van der Waals surface area contributed by atoms with E-state index in [9.17, 15) is 0 Å². The fourth-order valence-corrected chi connectivity index (χ4v) is 2.13. The summed E-state index contributed by atoms with van der Waals surface area (Å²) in [5, 5.41) is 1.18. The Kier molecular flexibility index (Phi) is 4.00. The molecule has 0 bridgehead atoms. The van der Waals surface area contributed by atoms with Gasteiger partial charge in [-0.25, -0.2) is 0 Å². The van der Waals surface area contributed by atoms with Crippen LogP contribution in [0.15, 0.2) is 36.4 Å². The molecule has 18 heavy (non-hydrogen) atoms. The second kappa shape index (κ2) is 5.51. The van der Waals surface area contributed by atoms with Crippen LogP contribution in [0, 0.1) is 6.92 Å². The molecular weight excluding hydrogens is 269 g/mol. The van der Waals surface area contributed by atoms with E-state index in [4.69, 9.17) is 33.7 Å². The van der Waals surface area contributed by atoms with Crippen molar-refractivity contribution in [2.45, 2.75) is 13.5 Å². The molecule has 0 atom stereocenters. The van der Waals surface area contributed by atoms with Gasteiger partial charge >= 0.3 is 0 Å². The van der Waals surface area contributed by atoms with E-state index in [1.165, 1.54) is 0 Å². The number of hydrogen-bond donors (Lipinski definition) is 1. The van der Waals surface area contributed by atoms with Crippen LogP contribution in [0.1, 0.15) is 11.1 Å². The summed E-state index contributed by atoms with van der Waals surface area (Å²) in [5.41, 5.74) is 8.34. The van der Waals surface area contributed by atoms with Crippen LogP contribution < -0.4 is 10.5 Å². The van der Waals surface area contributed by atoms with Gasteiger partial charge in [0, 0.05) is 15.6 Å². The zero-order chi connectivity index (χ0) is 13.1. The molecule has 2 N–H and O–H groups in total. The summed E-state index contributed by atoms with van der Waals surface area (Å²) in [4.78, 5) is 0. The van der Waals surface area contributed by atoms with Crippen LogP contribution in [0.2, 0.25) is 10.0 Å². The first-order valence-corrected chi connectivity index (χ1v) is 6.25. The first-order valence-electron chi connectivity index (χ1n) is 5.50. The predicted molar refractivity (Wildman–Crippen MR) is 76.4 cm³/mol. The molecule has 0 saturated carbocycles. The zero-order valence-electron chi connectivity index (χ0n) is 9.91. The Morgan fingerprint density at radius 1 is 1.11 bits per heavy atom. The second-order valence-electron chi connectivity index (χ2n) is 4.03. The Morgan fingerprint density at radius 2 is 1.78 bits per heavy atom. The highest BCUT2D eigenvalue weighted by molar-refractivity contribution is 6.35. The fraction of sp³-hybridized carbons (Fsp3) is 0.143. The Morgan fingerprint density at radius 3 is 2.39 bits per heavy atom. The van der Waals surface area contributed by atoms with Crippen molar-refractivity contribution in [3.63, 3.8) is 0 Å². The number of hydrogen-bond acceptors (Lipinski definition) is 2. The first kappa shape index (κ1) is 13.1. The van der Waals surface area contributed by atoms with Crippen molar-refractivity contribution in [2.24, 2.45) is 0 Å². The average molecular weight is 282 g/mol. The average Bonchev–Trinajstić information content (AvgIpc) is 2.31. The summed E-state index contributed by atoms with van der Waals surface area (Å²) >= 11 is 12.1. The summed E-state index contributed by atoms with van der Waals surface area (Å²) in [7, 11) is 0. The maximum Gasteiger partial charge on any atom is 0.142 e. The highest BCUT2D eigenvalue weighted by atomic mass is 35.5. The molecule has 2 aromatic carbocycles. The van der Waals surface area contributed by atoms with Crippen LogP contribution in [0.25, 0.3) is 0 Å². The number of benzene rings is 2. The molecule has 0 heterocycles. The molecule has 2 aromatic rings. The van der Waals surface area contributed by atoms with Crippen molar-refractivity contribution < 1.29 is 4.74 Å². The zero-order valence-corrected chi connectivity index (χ0v) is 11.4. The van der Waals surface area contributed by atoms with Gasteiger partial charge in [-0.3, -0.25) is 0 Å². The number of ether oxygens (including phenoxy) is 1. The van der Waals surface area contributed by atoms with Gasteiger partial charge in [-0.1, -0.05) is 35.3 Å². The van der Waals surface area contributed by atoms with E-state index in [2.05, 4.69) is 0 Å². The molecule has 0 aromatic heterocycles. The van der Waals surface area contributed by atoms with Crippen LogP contribution in [0.3, 0.4) is 0 Å². The number of nitrogens with two attached hydrogens (primary N) is 1. The van der Waals surface area contributed by atoms with Crippen LogP contribution in [0.5, 0.6) is 5.75 Å². The smallest absolute Gasteiger partial charge is 0.142 e. The lowest BCUT2D eigenvalue weighted by Crippen LogP contribution is -2.00. The first-order chi connectivity index (χ1) is 8.58. The monoisotopic (exact) mass is 281 g/mol. The molecule has 0 fully saturated rings. The van der Waals surface area contributed by atoms with Crippen LogP contribution >= 0.6 is 23.2 Å². The number of anilines is 1. The van der Waals surface area contributed by atoms with Gasteiger partial charge in [-0.15, -0.1) is 0 Å². The van der Waals surface area contributed by atoms with Gasteiger partial charge in [0.05, 0.1) is 5.69 Å². The molecule has 0 amide bonds. The molecule has 0 spiro atoms. The van der Waals surface area contributed by atoms with Gasteiger partial charge in [0.25, 0.3) is 0 Å². The molecule has 0 aliphatic heterocycles. The van der Waals surface area contributed by atoms with Gasteiger partial charge in [0.2, 0.25) is 0 Å². The maximum absolute atomic E-state index is 6.07. The van der Waals surface area contributed by atoms with E-state index in [-0.39, 0.29) is 0 Å². The van der Waals surface area contributed by atoms with Gasteiger partial charge in [0.15, 0.2) is 0 Å². The summed E-state index contributed by atoms with van der Waals surface area (Å²) in [5.74, 6) is 0.636. The minimum Gasteiger partial charge on any atom is -0.487 e. The lowest BCUT2D eigenvalue weighted by molar-refractivity contribution is 0.308. The van der Waals surface area contributed by atoms with Crippen molar-refractivity contribution >= 4 is 28.9 Å². The van der Waals surface area contributed by atoms with E-state index in [0.29, 0.717) is 28.1 Å². The topological polar surface area (TPSA) is 35.2 Å². The fourth-order valence-electron chi connectivity index (χ4n) is 1.62. The Hall–Kier alpha value is -1.38. The lowest BCUT2D eigenvalue weighted by Gasteiger charge is -2.11. The highest BCUT2D eigenvalue weighted by Crippen LogP contribution is 2.28. The summed E-state index contributed by atoms with van der Waals surface area (Å²) in [6.45, 7) is 2.27. The van der Waals surface area contributed by atoms with Gasteiger partial charge in [-0.05, 0) is 36.8 Å². The molecule has 94 valence electrons. The minimum absolute atomic E-state index is 0.297. The second-order valence-corrected chi connectivity index (χ2v) is 4.84. The van der Waals surface area contributed by atoms with Crippen LogP contribution in [-0.4, -0.2) is 0 Å². The van der Waals surface area contributed by atoms with Crippen molar-refractivity contribution in [1.82, 2.24) is 0 Å². The summed E-state index contributed by atoms with van der Waals surface area (Å²) in [6, 6.07) is 11.0. The van der Waals surface area contributed by atoms with Crippen LogP contribution in [-0.2, 0) is 6.61 Å². The van der Waals surface area contributed by atoms with E-state index < -0.39 is 0 Å². The predicted octanol–water partition coefficient (Wildman–Crippen LogP) is 4.46. The van der Waals surface area contributed by atoms with E-state index in [1.807, 2.05) is 25.1 Å². The third kappa shape index (κ3) is 2.89. The Balaban J connectivity index is 2.16. The van der Waals surface area contributed by atoms with E-state index >= 15 is 0 Å². The van der Waals surface area contributed by atoms with E-state index in [1.54, 1.807) is 18.2 Å². The Labute approximate surface area is 116 Å². The van der Waals surface area contributed by atoms with Gasteiger partial charge in [-0.2, -0.15) is 0 Å². The highest BCUT2D eigenvalue weighted by Gasteiger charge is 2.07. The molecule has 0 aliphatic carbocycles. The third-order valence-electron chi connectivity index (χ3n) is 2.60. The standard InChI is InChI=1S/C14H13Cl2NO/c1-9-5-6-14(13(17)7-9)18-8-10-11(15)3-2-4-12(10)16/h2-7H,8,17H2,1H3. The van der Waals surface area contributed by atoms with Crippen molar-refractivity contribution in [3.8, 4) is 5.75 Å². The SMILES string of the molecule is Cc1ccc(OCc2c(Cl)cccc2Cl)c(N)c1. The molecule has 2 rings (SSSR count). The summed E-state index contributed by atoms with van der Waals surface area (Å²) in [6.07, 6.45) is 0.